The first-order chi connectivity index (χ1) is 15.8. The topological polar surface area (TPSA) is 92.7 Å². The first-order valence-electron chi connectivity index (χ1n) is 10.6. The Hall–Kier alpha value is -2.42. The van der Waals surface area contributed by atoms with Gasteiger partial charge in [-0.1, -0.05) is 41.9 Å². The number of hydrogen-bond donors (Lipinski definition) is 2. The zero-order chi connectivity index (χ0) is 23.8. The Balaban J connectivity index is 0.00000408. The molecule has 3 aromatic rings. The molecule has 0 aliphatic rings. The molecule has 0 fully saturated rings. The average Bonchev–Trinajstić information content (AvgIpc) is 2.82. The van der Waals surface area contributed by atoms with E-state index in [0.29, 0.717) is 24.5 Å². The summed E-state index contributed by atoms with van der Waals surface area (Å²) in [5.74, 6) is -0.558. The molecule has 34 heavy (non-hydrogen) atoms. The molecule has 0 aromatic heterocycles. The summed E-state index contributed by atoms with van der Waals surface area (Å²) in [5, 5.41) is 14.0. The van der Waals surface area contributed by atoms with Crippen LogP contribution < -0.4 is 5.32 Å². The average molecular weight is 524 g/mol. The van der Waals surface area contributed by atoms with E-state index in [1.54, 1.807) is 49.4 Å². The molecular weight excluding hydrogens is 497 g/mol. The van der Waals surface area contributed by atoms with Crippen LogP contribution in [-0.4, -0.2) is 39.2 Å². The number of hydrogen-bond acceptors (Lipinski definition) is 6. The highest BCUT2D eigenvalue weighted by molar-refractivity contribution is 7.91. The SMILES string of the molecule is CCOC(=O)c1cccc(S(=O)(=O)c2ccc(CCNC[C@H](O)c3cccc(Cl)c3)cc2)c1.Cl. The molecule has 3 aromatic carbocycles. The third-order valence-electron chi connectivity index (χ3n) is 5.05. The monoisotopic (exact) mass is 523 g/mol. The van der Waals surface area contributed by atoms with Gasteiger partial charge in [0.15, 0.2) is 0 Å². The first kappa shape index (κ1) is 27.8. The highest BCUT2D eigenvalue weighted by Gasteiger charge is 2.19. The van der Waals surface area contributed by atoms with Crippen molar-refractivity contribution in [1.29, 1.82) is 0 Å². The number of esters is 1. The van der Waals surface area contributed by atoms with E-state index in [2.05, 4.69) is 5.32 Å². The maximum absolute atomic E-state index is 13.0. The summed E-state index contributed by atoms with van der Waals surface area (Å²) >= 11 is 5.95. The molecule has 0 aliphatic carbocycles. The summed E-state index contributed by atoms with van der Waals surface area (Å²) in [4.78, 5) is 12.1. The number of sulfone groups is 1. The van der Waals surface area contributed by atoms with Gasteiger partial charge < -0.3 is 15.2 Å². The van der Waals surface area contributed by atoms with E-state index in [1.165, 1.54) is 24.3 Å². The van der Waals surface area contributed by atoms with Crippen molar-refractivity contribution in [3.63, 3.8) is 0 Å². The van der Waals surface area contributed by atoms with Crippen LogP contribution in [0.5, 0.6) is 0 Å². The minimum absolute atomic E-state index is 0. The number of carbonyl (C=O) groups excluding carboxylic acids is 1. The van der Waals surface area contributed by atoms with Gasteiger partial charge in [0, 0.05) is 11.6 Å². The van der Waals surface area contributed by atoms with E-state index >= 15 is 0 Å². The Kier molecular flexibility index (Phi) is 10.5. The van der Waals surface area contributed by atoms with Gasteiger partial charge in [0.25, 0.3) is 0 Å². The van der Waals surface area contributed by atoms with Crippen molar-refractivity contribution in [2.45, 2.75) is 29.2 Å². The fourth-order valence-electron chi connectivity index (χ4n) is 3.28. The first-order valence-corrected chi connectivity index (χ1v) is 12.4. The van der Waals surface area contributed by atoms with Crippen molar-refractivity contribution < 1.29 is 23.1 Å². The molecule has 1 atom stereocenters. The van der Waals surface area contributed by atoms with Crippen LogP contribution in [0.15, 0.2) is 82.6 Å². The van der Waals surface area contributed by atoms with E-state index in [1.807, 2.05) is 6.07 Å². The minimum Gasteiger partial charge on any atom is -0.462 e. The third-order valence-corrected chi connectivity index (χ3v) is 7.05. The van der Waals surface area contributed by atoms with Crippen LogP contribution in [0.25, 0.3) is 0 Å². The molecule has 0 saturated heterocycles. The Labute approximate surface area is 211 Å². The zero-order valence-electron chi connectivity index (χ0n) is 18.6. The van der Waals surface area contributed by atoms with E-state index in [4.69, 9.17) is 16.3 Å². The third kappa shape index (κ3) is 7.29. The van der Waals surface area contributed by atoms with Gasteiger partial charge in [-0.2, -0.15) is 0 Å². The van der Waals surface area contributed by atoms with Crippen molar-refractivity contribution >= 4 is 39.8 Å². The molecule has 2 N–H and O–H groups in total. The second-order valence-corrected chi connectivity index (χ2v) is 9.81. The molecule has 0 saturated carbocycles. The van der Waals surface area contributed by atoms with Crippen molar-refractivity contribution in [2.24, 2.45) is 0 Å². The Morgan fingerprint density at radius 2 is 1.74 bits per heavy atom. The fraction of sp³-hybridized carbons (Fsp3) is 0.240. The van der Waals surface area contributed by atoms with Gasteiger partial charge in [-0.25, -0.2) is 13.2 Å². The van der Waals surface area contributed by atoms with E-state index in [9.17, 15) is 18.3 Å². The summed E-state index contributed by atoms with van der Waals surface area (Å²) in [7, 11) is -3.76. The van der Waals surface area contributed by atoms with Crippen LogP contribution in [-0.2, 0) is 21.0 Å². The van der Waals surface area contributed by atoms with Gasteiger partial charge >= 0.3 is 5.97 Å². The van der Waals surface area contributed by atoms with Crippen LogP contribution in [0.2, 0.25) is 5.02 Å². The molecule has 3 rings (SSSR count). The summed E-state index contributed by atoms with van der Waals surface area (Å²) < 4.78 is 30.9. The van der Waals surface area contributed by atoms with Crippen molar-refractivity contribution in [3.8, 4) is 0 Å². The second kappa shape index (κ2) is 12.9. The highest BCUT2D eigenvalue weighted by Crippen LogP contribution is 2.23. The summed E-state index contributed by atoms with van der Waals surface area (Å²) in [6.45, 7) is 2.90. The number of rotatable bonds is 10. The number of aliphatic hydroxyl groups is 1. The summed E-state index contributed by atoms with van der Waals surface area (Å²) in [6, 6.07) is 19.6. The maximum atomic E-state index is 13.0. The van der Waals surface area contributed by atoms with E-state index < -0.39 is 21.9 Å². The number of aliphatic hydroxyl groups excluding tert-OH is 1. The largest absolute Gasteiger partial charge is 0.462 e. The second-order valence-electron chi connectivity index (χ2n) is 7.42. The Morgan fingerprint density at radius 1 is 1.03 bits per heavy atom. The summed E-state index contributed by atoms with van der Waals surface area (Å²) in [6.07, 6.45) is 0.00240. The van der Waals surface area contributed by atoms with E-state index in [0.717, 1.165) is 11.1 Å². The van der Waals surface area contributed by atoms with E-state index in [-0.39, 0.29) is 34.4 Å². The molecule has 0 radical (unpaired) electrons. The van der Waals surface area contributed by atoms with Crippen LogP contribution in [0, 0.1) is 0 Å². The van der Waals surface area contributed by atoms with Crippen LogP contribution in [0.3, 0.4) is 0 Å². The van der Waals surface area contributed by atoms with Crippen LogP contribution >= 0.6 is 24.0 Å². The van der Waals surface area contributed by atoms with Gasteiger partial charge in [0.05, 0.1) is 28.1 Å². The number of halogens is 2. The molecular formula is C25H27Cl2NO5S. The molecule has 0 heterocycles. The van der Waals surface area contributed by atoms with Crippen LogP contribution in [0.4, 0.5) is 0 Å². The van der Waals surface area contributed by atoms with Gasteiger partial charge in [-0.15, -0.1) is 12.4 Å². The predicted octanol–water partition coefficient (Wildman–Crippen LogP) is 4.64. The molecule has 0 aliphatic heterocycles. The lowest BCUT2D eigenvalue weighted by Gasteiger charge is -2.13. The zero-order valence-corrected chi connectivity index (χ0v) is 21.0. The molecule has 0 bridgehead atoms. The lowest BCUT2D eigenvalue weighted by molar-refractivity contribution is 0.0526. The van der Waals surface area contributed by atoms with Gasteiger partial charge in [-0.3, -0.25) is 0 Å². The fourth-order valence-corrected chi connectivity index (χ4v) is 4.78. The lowest BCUT2D eigenvalue weighted by Crippen LogP contribution is -2.23. The number of ether oxygens (including phenoxy) is 1. The predicted molar refractivity (Wildman–Crippen MR) is 135 cm³/mol. The van der Waals surface area contributed by atoms with Gasteiger partial charge in [0.1, 0.15) is 0 Å². The maximum Gasteiger partial charge on any atom is 0.338 e. The Bertz CT molecular complexity index is 1200. The number of benzene rings is 3. The minimum atomic E-state index is -3.76. The molecule has 182 valence electrons. The molecule has 6 nitrogen and oxygen atoms in total. The highest BCUT2D eigenvalue weighted by atomic mass is 35.5. The smallest absolute Gasteiger partial charge is 0.338 e. The van der Waals surface area contributed by atoms with Gasteiger partial charge in [-0.05, 0) is 73.5 Å². The van der Waals surface area contributed by atoms with Crippen molar-refractivity contribution in [1.82, 2.24) is 5.32 Å². The molecule has 0 unspecified atom stereocenters. The Morgan fingerprint density at radius 3 is 2.41 bits per heavy atom. The number of carbonyl (C=O) groups is 1. The molecule has 0 spiro atoms. The van der Waals surface area contributed by atoms with Gasteiger partial charge in [0.2, 0.25) is 9.84 Å². The normalized spacial score (nSPS) is 12.0. The van der Waals surface area contributed by atoms with Crippen molar-refractivity contribution in [2.75, 3.05) is 19.7 Å². The molecule has 0 amide bonds. The standard InChI is InChI=1S/C25H26ClNO5S.ClH/c1-2-32-25(29)20-6-4-8-23(16-20)33(30,31)22-11-9-18(10-12-22)13-14-27-17-24(28)19-5-3-7-21(26)15-19;/h3-12,15-16,24,27-28H,2,13-14,17H2,1H3;1H/t24-;/m0./s1. The van der Waals surface area contributed by atoms with Crippen LogP contribution in [0.1, 0.15) is 34.5 Å². The quantitative estimate of drug-likeness (QED) is 0.297. The lowest BCUT2D eigenvalue weighted by atomic mass is 10.1. The van der Waals surface area contributed by atoms with Crippen molar-refractivity contribution in [3.05, 3.63) is 94.5 Å². The molecule has 9 heteroatoms. The number of nitrogens with one attached hydrogen (secondary N) is 1. The summed E-state index contributed by atoms with van der Waals surface area (Å²) in [5.41, 5.74) is 1.90.